The molecule has 0 spiro atoms. The van der Waals surface area contributed by atoms with Gasteiger partial charge in [-0.25, -0.2) is 14.1 Å². The van der Waals surface area contributed by atoms with E-state index in [0.29, 0.717) is 11.7 Å². The Morgan fingerprint density at radius 2 is 1.96 bits per heavy atom. The highest BCUT2D eigenvalue weighted by molar-refractivity contribution is 5.62. The molecule has 0 bridgehead atoms. The third-order valence-electron chi connectivity index (χ3n) is 4.65. The van der Waals surface area contributed by atoms with E-state index >= 15 is 0 Å². The van der Waals surface area contributed by atoms with Gasteiger partial charge in [0, 0.05) is 18.7 Å². The zero-order valence-electron chi connectivity index (χ0n) is 14.0. The molecule has 1 aliphatic rings. The smallest absolute Gasteiger partial charge is 0.154 e. The maximum absolute atomic E-state index is 13.4. The molecule has 0 N–H and O–H groups in total. The first-order valence-corrected chi connectivity index (χ1v) is 8.40. The molecule has 0 saturated carbocycles. The van der Waals surface area contributed by atoms with Gasteiger partial charge in [-0.2, -0.15) is 5.10 Å². The molecule has 1 aliphatic heterocycles. The van der Waals surface area contributed by atoms with Gasteiger partial charge in [-0.3, -0.25) is 0 Å². The van der Waals surface area contributed by atoms with Crippen LogP contribution in [0, 0.1) is 12.7 Å². The molecule has 128 valence electrons. The van der Waals surface area contributed by atoms with Gasteiger partial charge >= 0.3 is 0 Å². The van der Waals surface area contributed by atoms with E-state index in [2.05, 4.69) is 25.2 Å². The molecule has 2 aromatic heterocycles. The summed E-state index contributed by atoms with van der Waals surface area (Å²) in [6, 6.07) is 8.80. The SMILES string of the molecule is Cc1cc(-c2cccc(F)c2)nnc1N1CCC(n2cncn2)CC1. The fraction of sp³-hybridized carbons (Fsp3) is 0.333. The standard InChI is InChI=1S/C18H19FN6/c1-13-9-17(14-3-2-4-15(19)10-14)22-23-18(13)24-7-5-16(6-8-24)25-12-20-11-21-25/h2-4,9-12,16H,5-8H2,1H3. The van der Waals surface area contributed by atoms with E-state index in [1.807, 2.05) is 23.7 Å². The molecule has 1 aromatic carbocycles. The van der Waals surface area contributed by atoms with Crippen molar-refractivity contribution in [3.63, 3.8) is 0 Å². The van der Waals surface area contributed by atoms with Crippen molar-refractivity contribution >= 4 is 5.82 Å². The van der Waals surface area contributed by atoms with Gasteiger partial charge in [-0.1, -0.05) is 12.1 Å². The summed E-state index contributed by atoms with van der Waals surface area (Å²) in [5, 5.41) is 13.0. The maximum Gasteiger partial charge on any atom is 0.154 e. The normalized spacial score (nSPS) is 15.5. The molecular formula is C18H19FN6. The molecule has 1 saturated heterocycles. The van der Waals surface area contributed by atoms with Crippen molar-refractivity contribution in [2.24, 2.45) is 0 Å². The van der Waals surface area contributed by atoms with Crippen molar-refractivity contribution in [2.75, 3.05) is 18.0 Å². The summed E-state index contributed by atoms with van der Waals surface area (Å²) in [5.74, 6) is 0.633. The minimum atomic E-state index is -0.267. The Hall–Kier alpha value is -2.83. The fourth-order valence-electron chi connectivity index (χ4n) is 3.33. The lowest BCUT2D eigenvalue weighted by Gasteiger charge is -2.33. The van der Waals surface area contributed by atoms with Gasteiger partial charge in [0.1, 0.15) is 18.5 Å². The lowest BCUT2D eigenvalue weighted by atomic mass is 10.0. The summed E-state index contributed by atoms with van der Waals surface area (Å²) in [4.78, 5) is 6.28. The van der Waals surface area contributed by atoms with Gasteiger partial charge in [0.15, 0.2) is 5.82 Å². The van der Waals surface area contributed by atoms with Gasteiger partial charge in [0.05, 0.1) is 11.7 Å². The van der Waals surface area contributed by atoms with Crippen LogP contribution in [0.1, 0.15) is 24.4 Å². The molecule has 3 aromatic rings. The Balaban J connectivity index is 1.50. The number of halogens is 1. The number of benzene rings is 1. The third kappa shape index (κ3) is 3.22. The van der Waals surface area contributed by atoms with Crippen molar-refractivity contribution in [3.8, 4) is 11.3 Å². The predicted octanol–water partition coefficient (Wildman–Crippen LogP) is 3.02. The van der Waals surface area contributed by atoms with Crippen LogP contribution < -0.4 is 4.90 Å². The fourth-order valence-corrected chi connectivity index (χ4v) is 3.33. The van der Waals surface area contributed by atoms with Crippen LogP contribution >= 0.6 is 0 Å². The molecule has 0 aliphatic carbocycles. The van der Waals surface area contributed by atoms with Crippen molar-refractivity contribution in [1.29, 1.82) is 0 Å². The van der Waals surface area contributed by atoms with Crippen LogP contribution in [-0.4, -0.2) is 38.1 Å². The van der Waals surface area contributed by atoms with Gasteiger partial charge in [-0.05, 0) is 43.5 Å². The third-order valence-corrected chi connectivity index (χ3v) is 4.65. The van der Waals surface area contributed by atoms with Gasteiger partial charge in [0.25, 0.3) is 0 Å². The first-order chi connectivity index (χ1) is 12.2. The Morgan fingerprint density at radius 3 is 2.64 bits per heavy atom. The summed E-state index contributed by atoms with van der Waals surface area (Å²) >= 11 is 0. The van der Waals surface area contributed by atoms with E-state index in [1.54, 1.807) is 18.7 Å². The van der Waals surface area contributed by atoms with Crippen molar-refractivity contribution in [2.45, 2.75) is 25.8 Å². The van der Waals surface area contributed by atoms with Crippen molar-refractivity contribution < 1.29 is 4.39 Å². The second-order valence-electron chi connectivity index (χ2n) is 6.34. The van der Waals surface area contributed by atoms with E-state index in [-0.39, 0.29) is 5.82 Å². The molecular weight excluding hydrogens is 319 g/mol. The van der Waals surface area contributed by atoms with Gasteiger partial charge in [-0.15, -0.1) is 10.2 Å². The van der Waals surface area contributed by atoms with Crippen LogP contribution in [0.3, 0.4) is 0 Å². The molecule has 3 heterocycles. The molecule has 25 heavy (non-hydrogen) atoms. The van der Waals surface area contributed by atoms with E-state index in [9.17, 15) is 4.39 Å². The molecule has 0 radical (unpaired) electrons. The molecule has 4 rings (SSSR count). The lowest BCUT2D eigenvalue weighted by molar-refractivity contribution is 0.364. The maximum atomic E-state index is 13.4. The monoisotopic (exact) mass is 338 g/mol. The van der Waals surface area contributed by atoms with Crippen LogP contribution in [0.5, 0.6) is 0 Å². The summed E-state index contributed by atoms with van der Waals surface area (Å²) < 4.78 is 15.3. The topological polar surface area (TPSA) is 59.7 Å². The van der Waals surface area contributed by atoms with Gasteiger partial charge < -0.3 is 4.90 Å². The summed E-state index contributed by atoms with van der Waals surface area (Å²) in [7, 11) is 0. The minimum absolute atomic E-state index is 0.267. The van der Waals surface area contributed by atoms with Crippen LogP contribution in [0.15, 0.2) is 43.0 Å². The quantitative estimate of drug-likeness (QED) is 0.735. The van der Waals surface area contributed by atoms with E-state index in [1.165, 1.54) is 12.1 Å². The Bertz CT molecular complexity index is 856. The van der Waals surface area contributed by atoms with E-state index in [0.717, 1.165) is 42.9 Å². The second kappa shape index (κ2) is 6.58. The van der Waals surface area contributed by atoms with Crippen molar-refractivity contribution in [3.05, 3.63) is 54.4 Å². The van der Waals surface area contributed by atoms with Crippen LogP contribution in [0.4, 0.5) is 10.2 Å². The number of aromatic nitrogens is 5. The number of aryl methyl sites for hydroxylation is 1. The molecule has 0 atom stereocenters. The number of nitrogens with zero attached hydrogens (tertiary/aromatic N) is 6. The highest BCUT2D eigenvalue weighted by Crippen LogP contribution is 2.28. The summed E-state index contributed by atoms with van der Waals surface area (Å²) in [6.07, 6.45) is 5.35. The predicted molar refractivity (Wildman–Crippen MR) is 92.7 cm³/mol. The van der Waals surface area contributed by atoms with Crippen LogP contribution in [0.25, 0.3) is 11.3 Å². The van der Waals surface area contributed by atoms with Crippen molar-refractivity contribution in [1.82, 2.24) is 25.0 Å². The van der Waals surface area contributed by atoms with Gasteiger partial charge in [0.2, 0.25) is 0 Å². The lowest BCUT2D eigenvalue weighted by Crippen LogP contribution is -2.36. The average molecular weight is 338 g/mol. The number of piperidine rings is 1. The Kier molecular flexibility index (Phi) is 4.13. The molecule has 7 heteroatoms. The Morgan fingerprint density at radius 1 is 1.12 bits per heavy atom. The minimum Gasteiger partial charge on any atom is -0.355 e. The van der Waals surface area contributed by atoms with Crippen LogP contribution in [0.2, 0.25) is 0 Å². The zero-order chi connectivity index (χ0) is 17.2. The van der Waals surface area contributed by atoms with E-state index < -0.39 is 0 Å². The first-order valence-electron chi connectivity index (χ1n) is 8.40. The Labute approximate surface area is 145 Å². The number of hydrogen-bond donors (Lipinski definition) is 0. The molecule has 0 amide bonds. The zero-order valence-corrected chi connectivity index (χ0v) is 14.0. The number of anilines is 1. The highest BCUT2D eigenvalue weighted by Gasteiger charge is 2.23. The number of rotatable bonds is 3. The second-order valence-corrected chi connectivity index (χ2v) is 6.34. The molecule has 0 unspecified atom stereocenters. The summed E-state index contributed by atoms with van der Waals surface area (Å²) in [6.45, 7) is 3.83. The first kappa shape index (κ1) is 15.7. The molecule has 1 fully saturated rings. The molecule has 6 nitrogen and oxygen atoms in total. The highest BCUT2D eigenvalue weighted by atomic mass is 19.1. The summed E-state index contributed by atoms with van der Waals surface area (Å²) in [5.41, 5.74) is 2.48. The van der Waals surface area contributed by atoms with E-state index in [4.69, 9.17) is 0 Å². The average Bonchev–Trinajstić information content (AvgIpc) is 3.16. The van der Waals surface area contributed by atoms with Crippen LogP contribution in [-0.2, 0) is 0 Å². The number of hydrogen-bond acceptors (Lipinski definition) is 5. The largest absolute Gasteiger partial charge is 0.355 e.